The van der Waals surface area contributed by atoms with E-state index in [1.165, 1.54) is 0 Å². The fourth-order valence-electron chi connectivity index (χ4n) is 1.91. The number of aliphatic hydroxyl groups excluding tert-OH is 1. The van der Waals surface area contributed by atoms with Gasteiger partial charge in [0.15, 0.2) is 6.61 Å². The van der Waals surface area contributed by atoms with Gasteiger partial charge in [0.2, 0.25) is 11.2 Å². The zero-order valence-electron chi connectivity index (χ0n) is 11.4. The molecule has 0 spiro atoms. The van der Waals surface area contributed by atoms with Crippen molar-refractivity contribution in [2.45, 2.75) is 6.61 Å². The standard InChI is InChI=1S/C13H18N2O5/c1-14-2-4-15(5-3-14)13(18)9-20-12-8-19-10(7-16)6-11(12)17/h6,8,16H,2-5,7,9H2,1H3. The first kappa shape index (κ1) is 14.5. The summed E-state index contributed by atoms with van der Waals surface area (Å²) in [7, 11) is 2.01. The molecule has 20 heavy (non-hydrogen) atoms. The molecule has 0 bridgehead atoms. The number of likely N-dealkylation sites (N-methyl/N-ethyl adjacent to an activating group) is 1. The predicted molar refractivity (Wildman–Crippen MR) is 70.5 cm³/mol. The first-order chi connectivity index (χ1) is 9.60. The van der Waals surface area contributed by atoms with E-state index >= 15 is 0 Å². The van der Waals surface area contributed by atoms with Crippen molar-refractivity contribution >= 4 is 5.91 Å². The Bertz CT molecular complexity index is 520. The van der Waals surface area contributed by atoms with Crippen LogP contribution in [0.5, 0.6) is 5.75 Å². The molecule has 1 amide bonds. The molecule has 1 aliphatic heterocycles. The van der Waals surface area contributed by atoms with E-state index in [-0.39, 0.29) is 30.6 Å². The van der Waals surface area contributed by atoms with Gasteiger partial charge >= 0.3 is 0 Å². The molecular formula is C13H18N2O5. The van der Waals surface area contributed by atoms with Crippen molar-refractivity contribution in [3.05, 3.63) is 28.3 Å². The Kier molecular flexibility index (Phi) is 4.75. The van der Waals surface area contributed by atoms with Crippen molar-refractivity contribution < 1.29 is 19.1 Å². The molecule has 0 saturated carbocycles. The van der Waals surface area contributed by atoms with Crippen LogP contribution in [0.1, 0.15) is 5.76 Å². The third kappa shape index (κ3) is 3.58. The molecule has 0 radical (unpaired) electrons. The van der Waals surface area contributed by atoms with Crippen LogP contribution in [0.25, 0.3) is 0 Å². The molecule has 1 saturated heterocycles. The van der Waals surface area contributed by atoms with Crippen molar-refractivity contribution in [1.29, 1.82) is 0 Å². The summed E-state index contributed by atoms with van der Waals surface area (Å²) < 4.78 is 10.2. The van der Waals surface area contributed by atoms with E-state index in [9.17, 15) is 9.59 Å². The summed E-state index contributed by atoms with van der Waals surface area (Å²) in [5, 5.41) is 8.82. The number of ether oxygens (including phenoxy) is 1. The highest BCUT2D eigenvalue weighted by Crippen LogP contribution is 2.07. The van der Waals surface area contributed by atoms with Crippen LogP contribution in [0, 0.1) is 0 Å². The van der Waals surface area contributed by atoms with Crippen LogP contribution in [0.2, 0.25) is 0 Å². The second-order valence-corrected chi connectivity index (χ2v) is 4.71. The van der Waals surface area contributed by atoms with E-state index in [2.05, 4.69) is 4.90 Å². The van der Waals surface area contributed by atoms with Crippen LogP contribution in [0.3, 0.4) is 0 Å². The van der Waals surface area contributed by atoms with Crippen LogP contribution in [-0.4, -0.2) is 60.6 Å². The normalized spacial score (nSPS) is 16.2. The van der Waals surface area contributed by atoms with Gasteiger partial charge in [0.25, 0.3) is 5.91 Å². The summed E-state index contributed by atoms with van der Waals surface area (Å²) in [4.78, 5) is 27.4. The van der Waals surface area contributed by atoms with E-state index < -0.39 is 5.43 Å². The molecule has 1 N–H and O–H groups in total. The lowest BCUT2D eigenvalue weighted by molar-refractivity contribution is -0.134. The summed E-state index contributed by atoms with van der Waals surface area (Å²) in [5.41, 5.74) is -0.411. The number of hydrogen-bond acceptors (Lipinski definition) is 6. The highest BCUT2D eigenvalue weighted by Gasteiger charge is 2.19. The average molecular weight is 282 g/mol. The summed E-state index contributed by atoms with van der Waals surface area (Å²) in [6.45, 7) is 2.45. The van der Waals surface area contributed by atoms with Crippen molar-refractivity contribution in [3.8, 4) is 5.75 Å². The third-order valence-corrected chi connectivity index (χ3v) is 3.22. The smallest absolute Gasteiger partial charge is 0.260 e. The van der Waals surface area contributed by atoms with Crippen LogP contribution in [-0.2, 0) is 11.4 Å². The lowest BCUT2D eigenvalue weighted by atomic mass is 10.3. The number of carbonyl (C=O) groups excluding carboxylic acids is 1. The van der Waals surface area contributed by atoms with Gasteiger partial charge in [-0.3, -0.25) is 9.59 Å². The van der Waals surface area contributed by atoms with Crippen LogP contribution < -0.4 is 10.2 Å². The van der Waals surface area contributed by atoms with Gasteiger partial charge in [-0.25, -0.2) is 0 Å². The predicted octanol–water partition coefficient (Wildman–Crippen LogP) is -0.715. The fourth-order valence-corrected chi connectivity index (χ4v) is 1.91. The molecule has 1 fully saturated rings. The van der Waals surface area contributed by atoms with E-state index in [1.807, 2.05) is 7.05 Å². The molecule has 0 unspecified atom stereocenters. The Morgan fingerprint density at radius 3 is 2.70 bits per heavy atom. The van der Waals surface area contributed by atoms with E-state index in [1.54, 1.807) is 4.90 Å². The number of carbonyl (C=O) groups is 1. The highest BCUT2D eigenvalue weighted by atomic mass is 16.5. The number of hydrogen-bond donors (Lipinski definition) is 1. The minimum Gasteiger partial charge on any atom is -0.477 e. The fraction of sp³-hybridized carbons (Fsp3) is 0.538. The van der Waals surface area contributed by atoms with Gasteiger partial charge in [0.1, 0.15) is 18.6 Å². The lowest BCUT2D eigenvalue weighted by Crippen LogP contribution is -2.48. The minimum atomic E-state index is -0.411. The zero-order chi connectivity index (χ0) is 14.5. The molecule has 2 rings (SSSR count). The molecule has 1 aliphatic rings. The van der Waals surface area contributed by atoms with Gasteiger partial charge in [0, 0.05) is 32.2 Å². The van der Waals surface area contributed by atoms with Crippen LogP contribution >= 0.6 is 0 Å². The lowest BCUT2D eigenvalue weighted by Gasteiger charge is -2.32. The topological polar surface area (TPSA) is 83.2 Å². The largest absolute Gasteiger partial charge is 0.477 e. The zero-order valence-corrected chi connectivity index (χ0v) is 11.4. The maximum absolute atomic E-state index is 11.9. The number of rotatable bonds is 4. The van der Waals surface area contributed by atoms with Gasteiger partial charge in [-0.2, -0.15) is 0 Å². The second kappa shape index (κ2) is 6.53. The maximum atomic E-state index is 11.9. The minimum absolute atomic E-state index is 0.0234. The third-order valence-electron chi connectivity index (χ3n) is 3.22. The van der Waals surface area contributed by atoms with Crippen molar-refractivity contribution in [1.82, 2.24) is 9.80 Å². The number of nitrogens with zero attached hydrogens (tertiary/aromatic N) is 2. The molecule has 1 aromatic rings. The monoisotopic (exact) mass is 282 g/mol. The molecule has 1 aromatic heterocycles. The molecule has 7 nitrogen and oxygen atoms in total. The summed E-state index contributed by atoms with van der Waals surface area (Å²) >= 11 is 0. The maximum Gasteiger partial charge on any atom is 0.260 e. The van der Waals surface area contributed by atoms with Gasteiger partial charge < -0.3 is 24.1 Å². The summed E-state index contributed by atoms with van der Waals surface area (Å²) in [5.74, 6) is -0.0128. The highest BCUT2D eigenvalue weighted by molar-refractivity contribution is 5.77. The van der Waals surface area contributed by atoms with Gasteiger partial charge in [-0.05, 0) is 7.05 Å². The molecule has 0 aliphatic carbocycles. The van der Waals surface area contributed by atoms with Crippen molar-refractivity contribution in [2.24, 2.45) is 0 Å². The number of amides is 1. The molecule has 0 atom stereocenters. The Labute approximate surface area is 116 Å². The average Bonchev–Trinajstić information content (AvgIpc) is 2.46. The molecule has 2 heterocycles. The molecular weight excluding hydrogens is 264 g/mol. The van der Waals surface area contributed by atoms with Crippen LogP contribution in [0.4, 0.5) is 0 Å². The summed E-state index contributed by atoms with van der Waals surface area (Å²) in [6, 6.07) is 1.15. The van der Waals surface area contributed by atoms with Gasteiger partial charge in [0.05, 0.1) is 0 Å². The first-order valence-electron chi connectivity index (χ1n) is 6.42. The van der Waals surface area contributed by atoms with E-state index in [0.717, 1.165) is 25.4 Å². The first-order valence-corrected chi connectivity index (χ1v) is 6.42. The number of aliphatic hydroxyl groups is 1. The van der Waals surface area contributed by atoms with E-state index in [4.69, 9.17) is 14.3 Å². The Balaban J connectivity index is 1.88. The van der Waals surface area contributed by atoms with E-state index in [0.29, 0.717) is 13.1 Å². The molecule has 110 valence electrons. The second-order valence-electron chi connectivity index (χ2n) is 4.71. The van der Waals surface area contributed by atoms with Gasteiger partial charge in [-0.1, -0.05) is 0 Å². The number of piperazine rings is 1. The van der Waals surface area contributed by atoms with Crippen LogP contribution in [0.15, 0.2) is 21.5 Å². The quantitative estimate of drug-likeness (QED) is 0.785. The van der Waals surface area contributed by atoms with Gasteiger partial charge in [-0.15, -0.1) is 0 Å². The SMILES string of the molecule is CN1CCN(C(=O)COc2coc(CO)cc2=O)CC1. The molecule has 7 heteroatoms. The molecule has 0 aromatic carbocycles. The van der Waals surface area contributed by atoms with Crippen molar-refractivity contribution in [3.63, 3.8) is 0 Å². The summed E-state index contributed by atoms with van der Waals surface area (Å²) in [6.07, 6.45) is 1.12. The Morgan fingerprint density at radius 1 is 1.40 bits per heavy atom. The Morgan fingerprint density at radius 2 is 2.10 bits per heavy atom. The van der Waals surface area contributed by atoms with Crippen molar-refractivity contribution in [2.75, 3.05) is 39.8 Å². The Hall–Kier alpha value is -1.86.